The molecule has 1 aromatic heterocycles. The van der Waals surface area contributed by atoms with E-state index in [-0.39, 0.29) is 0 Å². The normalized spacial score (nSPS) is 11.5. The molecular formula is C19H19N3S. The van der Waals surface area contributed by atoms with E-state index in [1.165, 1.54) is 5.56 Å². The van der Waals surface area contributed by atoms with Crippen LogP contribution in [-0.4, -0.2) is 10.7 Å². The Morgan fingerprint density at radius 2 is 1.83 bits per heavy atom. The van der Waals surface area contributed by atoms with E-state index in [0.717, 1.165) is 34.1 Å². The number of aromatic nitrogens is 1. The predicted molar refractivity (Wildman–Crippen MR) is 99.2 cm³/mol. The van der Waals surface area contributed by atoms with Crippen LogP contribution in [0.2, 0.25) is 0 Å². The van der Waals surface area contributed by atoms with Gasteiger partial charge in [-0.15, -0.1) is 11.3 Å². The van der Waals surface area contributed by atoms with Crippen molar-refractivity contribution in [1.82, 2.24) is 4.98 Å². The Kier molecular flexibility index (Phi) is 4.83. The zero-order chi connectivity index (χ0) is 16.1. The van der Waals surface area contributed by atoms with Gasteiger partial charge >= 0.3 is 0 Å². The first-order chi connectivity index (χ1) is 11.3. The standard InChI is InChI=1S/C19H19N3S/c1-3-17(15-7-5-4-6-8-15)21-22-19-20-18(13-23-19)16-11-9-14(2)10-12-16/h4-13H,3H2,1-2H3,(H,20,22)/b21-17+. The van der Waals surface area contributed by atoms with Gasteiger partial charge in [0, 0.05) is 10.9 Å². The number of hydrazone groups is 1. The second kappa shape index (κ2) is 7.20. The molecule has 1 N–H and O–H groups in total. The van der Waals surface area contributed by atoms with E-state index < -0.39 is 0 Å². The number of nitrogens with zero attached hydrogens (tertiary/aromatic N) is 2. The van der Waals surface area contributed by atoms with E-state index >= 15 is 0 Å². The summed E-state index contributed by atoms with van der Waals surface area (Å²) in [6, 6.07) is 18.6. The van der Waals surface area contributed by atoms with Gasteiger partial charge in [0.25, 0.3) is 0 Å². The van der Waals surface area contributed by atoms with Crippen molar-refractivity contribution in [2.45, 2.75) is 20.3 Å². The molecule has 0 aliphatic carbocycles. The Bertz CT molecular complexity index is 789. The highest BCUT2D eigenvalue weighted by Gasteiger charge is 2.05. The Hall–Kier alpha value is -2.46. The smallest absolute Gasteiger partial charge is 0.203 e. The Balaban J connectivity index is 1.76. The van der Waals surface area contributed by atoms with Gasteiger partial charge in [0.1, 0.15) is 0 Å². The van der Waals surface area contributed by atoms with Crippen LogP contribution in [0.4, 0.5) is 5.13 Å². The summed E-state index contributed by atoms with van der Waals surface area (Å²) in [7, 11) is 0. The monoisotopic (exact) mass is 321 g/mol. The van der Waals surface area contributed by atoms with Crippen LogP contribution in [0.25, 0.3) is 11.3 Å². The van der Waals surface area contributed by atoms with E-state index in [1.54, 1.807) is 11.3 Å². The predicted octanol–water partition coefficient (Wildman–Crippen LogP) is 5.34. The van der Waals surface area contributed by atoms with Crippen molar-refractivity contribution in [3.8, 4) is 11.3 Å². The van der Waals surface area contributed by atoms with E-state index in [0.29, 0.717) is 0 Å². The molecule has 0 spiro atoms. The second-order valence-electron chi connectivity index (χ2n) is 5.29. The molecular weight excluding hydrogens is 302 g/mol. The molecule has 0 aliphatic heterocycles. The minimum absolute atomic E-state index is 0.808. The summed E-state index contributed by atoms with van der Waals surface area (Å²) >= 11 is 1.57. The fourth-order valence-corrected chi connectivity index (χ4v) is 2.94. The number of rotatable bonds is 5. The number of hydrogen-bond donors (Lipinski definition) is 1. The lowest BCUT2D eigenvalue weighted by Crippen LogP contribution is -2.02. The minimum Gasteiger partial charge on any atom is -0.252 e. The van der Waals surface area contributed by atoms with Crippen molar-refractivity contribution < 1.29 is 0 Å². The Morgan fingerprint density at radius 1 is 1.09 bits per heavy atom. The van der Waals surface area contributed by atoms with Crippen molar-refractivity contribution in [3.63, 3.8) is 0 Å². The highest BCUT2D eigenvalue weighted by molar-refractivity contribution is 7.14. The maximum Gasteiger partial charge on any atom is 0.203 e. The average Bonchev–Trinajstić information content (AvgIpc) is 3.06. The van der Waals surface area contributed by atoms with Gasteiger partial charge < -0.3 is 0 Å². The summed E-state index contributed by atoms with van der Waals surface area (Å²) in [4.78, 5) is 4.61. The number of nitrogens with one attached hydrogen (secondary N) is 1. The van der Waals surface area contributed by atoms with Crippen LogP contribution in [-0.2, 0) is 0 Å². The minimum atomic E-state index is 0.808. The van der Waals surface area contributed by atoms with Crippen LogP contribution in [0.1, 0.15) is 24.5 Å². The average molecular weight is 321 g/mol. The molecule has 0 fully saturated rings. The molecule has 0 radical (unpaired) electrons. The van der Waals surface area contributed by atoms with Gasteiger partial charge in [0.15, 0.2) is 0 Å². The highest BCUT2D eigenvalue weighted by atomic mass is 32.1. The summed E-state index contributed by atoms with van der Waals surface area (Å²) in [5, 5.41) is 7.38. The van der Waals surface area contributed by atoms with Crippen molar-refractivity contribution in [3.05, 3.63) is 71.1 Å². The van der Waals surface area contributed by atoms with Gasteiger partial charge in [0.05, 0.1) is 11.4 Å². The quantitative estimate of drug-likeness (QED) is 0.508. The molecule has 0 bridgehead atoms. The molecule has 3 nitrogen and oxygen atoms in total. The first-order valence-electron chi connectivity index (χ1n) is 7.67. The summed E-state index contributed by atoms with van der Waals surface area (Å²) in [5.74, 6) is 0. The maximum absolute atomic E-state index is 4.61. The summed E-state index contributed by atoms with van der Waals surface area (Å²) in [5.41, 5.74) is 8.61. The second-order valence-corrected chi connectivity index (χ2v) is 6.15. The van der Waals surface area contributed by atoms with E-state index in [4.69, 9.17) is 0 Å². The van der Waals surface area contributed by atoms with Gasteiger partial charge in [-0.1, -0.05) is 67.1 Å². The highest BCUT2D eigenvalue weighted by Crippen LogP contribution is 2.25. The van der Waals surface area contributed by atoms with E-state index in [2.05, 4.69) is 71.1 Å². The summed E-state index contributed by atoms with van der Waals surface area (Å²) < 4.78 is 0. The molecule has 0 aliphatic rings. The molecule has 3 aromatic rings. The third-order valence-electron chi connectivity index (χ3n) is 3.58. The topological polar surface area (TPSA) is 37.3 Å². The third-order valence-corrected chi connectivity index (χ3v) is 4.33. The Labute approximate surface area is 140 Å². The molecule has 0 atom stereocenters. The van der Waals surface area contributed by atoms with Gasteiger partial charge in [-0.2, -0.15) is 5.10 Å². The molecule has 0 unspecified atom stereocenters. The van der Waals surface area contributed by atoms with Gasteiger partial charge in [-0.05, 0) is 18.9 Å². The molecule has 0 saturated heterocycles. The molecule has 0 amide bonds. The van der Waals surface area contributed by atoms with Crippen LogP contribution >= 0.6 is 11.3 Å². The first-order valence-corrected chi connectivity index (χ1v) is 8.55. The SMILES string of the molecule is CC/C(=N\Nc1nc(-c2ccc(C)cc2)cs1)c1ccccc1. The molecule has 4 heteroatoms. The van der Waals surface area contributed by atoms with E-state index in [9.17, 15) is 0 Å². The number of thiazole rings is 1. The number of aryl methyl sites for hydroxylation is 1. The van der Waals surface area contributed by atoms with Crippen molar-refractivity contribution in [2.24, 2.45) is 5.10 Å². The van der Waals surface area contributed by atoms with Crippen LogP contribution in [0.5, 0.6) is 0 Å². The number of hydrogen-bond acceptors (Lipinski definition) is 4. The lowest BCUT2D eigenvalue weighted by Gasteiger charge is -2.03. The van der Waals surface area contributed by atoms with Crippen LogP contribution in [0.15, 0.2) is 65.1 Å². The number of anilines is 1. The van der Waals surface area contributed by atoms with Crippen molar-refractivity contribution >= 4 is 22.2 Å². The maximum atomic E-state index is 4.61. The summed E-state index contributed by atoms with van der Waals surface area (Å²) in [6.07, 6.45) is 0.868. The lowest BCUT2D eigenvalue weighted by molar-refractivity contribution is 1.21. The molecule has 3 rings (SSSR count). The van der Waals surface area contributed by atoms with Crippen molar-refractivity contribution in [2.75, 3.05) is 5.43 Å². The van der Waals surface area contributed by atoms with Gasteiger partial charge in [-0.25, -0.2) is 4.98 Å². The molecule has 116 valence electrons. The Morgan fingerprint density at radius 3 is 2.52 bits per heavy atom. The van der Waals surface area contributed by atoms with Gasteiger partial charge in [-0.3, -0.25) is 5.43 Å². The molecule has 2 aromatic carbocycles. The fourth-order valence-electron chi connectivity index (χ4n) is 2.28. The summed E-state index contributed by atoms with van der Waals surface area (Å²) in [6.45, 7) is 4.19. The zero-order valence-corrected chi connectivity index (χ0v) is 14.1. The largest absolute Gasteiger partial charge is 0.252 e. The molecule has 23 heavy (non-hydrogen) atoms. The van der Waals surface area contributed by atoms with Crippen LogP contribution in [0, 0.1) is 6.92 Å². The molecule has 1 heterocycles. The van der Waals surface area contributed by atoms with Gasteiger partial charge in [0.2, 0.25) is 5.13 Å². The third kappa shape index (κ3) is 3.85. The first kappa shape index (κ1) is 15.4. The fraction of sp³-hybridized carbons (Fsp3) is 0.158. The lowest BCUT2D eigenvalue weighted by atomic mass is 10.1. The van der Waals surface area contributed by atoms with Crippen LogP contribution < -0.4 is 5.43 Å². The zero-order valence-electron chi connectivity index (χ0n) is 13.3. The van der Waals surface area contributed by atoms with E-state index in [1.807, 2.05) is 18.2 Å². The van der Waals surface area contributed by atoms with Crippen molar-refractivity contribution in [1.29, 1.82) is 0 Å². The van der Waals surface area contributed by atoms with Crippen LogP contribution in [0.3, 0.4) is 0 Å². The molecule has 0 saturated carbocycles. The number of benzene rings is 2.